The molecule has 1 aromatic carbocycles. The first kappa shape index (κ1) is 14.2. The second kappa shape index (κ2) is 6.32. The van der Waals surface area contributed by atoms with Crippen LogP contribution < -0.4 is 10.6 Å². The van der Waals surface area contributed by atoms with Crippen LogP contribution in [0.15, 0.2) is 40.9 Å². The molecular weight excluding hydrogens is 286 g/mol. The molecule has 1 aliphatic rings. The molecule has 2 aromatic rings. The molecule has 1 amide bonds. The summed E-state index contributed by atoms with van der Waals surface area (Å²) in [5.74, 6) is 2.85. The van der Waals surface area contributed by atoms with Crippen LogP contribution in [0.5, 0.6) is 0 Å². The number of hydrogen-bond acceptors (Lipinski definition) is 5. The third kappa shape index (κ3) is 3.28. The fourth-order valence-electron chi connectivity index (χ4n) is 2.16. The standard InChI is InChI=1S/C15H17N3O2S/c1-10(18-14(19)12-8-21-9-17-12)15-16-7-13(20-15)11-5-3-2-4-6-11/h2-7,10,12,17H,8-9H2,1H3,(H,18,19). The summed E-state index contributed by atoms with van der Waals surface area (Å²) in [4.78, 5) is 16.3. The topological polar surface area (TPSA) is 67.2 Å². The molecule has 5 nitrogen and oxygen atoms in total. The quantitative estimate of drug-likeness (QED) is 0.906. The van der Waals surface area contributed by atoms with Crippen LogP contribution >= 0.6 is 11.8 Å². The Morgan fingerprint density at radius 3 is 3.00 bits per heavy atom. The molecule has 2 heterocycles. The highest BCUT2D eigenvalue weighted by molar-refractivity contribution is 7.99. The zero-order valence-corrected chi connectivity index (χ0v) is 12.5. The second-order valence-corrected chi connectivity index (χ2v) is 5.96. The maximum absolute atomic E-state index is 12.0. The number of aromatic nitrogens is 1. The van der Waals surface area contributed by atoms with E-state index in [2.05, 4.69) is 15.6 Å². The smallest absolute Gasteiger partial charge is 0.238 e. The molecule has 1 aliphatic heterocycles. The van der Waals surface area contributed by atoms with Crippen LogP contribution in [0.3, 0.4) is 0 Å². The molecule has 2 atom stereocenters. The summed E-state index contributed by atoms with van der Waals surface area (Å²) in [5, 5.41) is 6.08. The second-order valence-electron chi connectivity index (χ2n) is 4.93. The molecule has 2 unspecified atom stereocenters. The Kier molecular flexibility index (Phi) is 4.26. The molecule has 6 heteroatoms. The number of oxazole rings is 1. The van der Waals surface area contributed by atoms with Gasteiger partial charge in [-0.05, 0) is 6.92 Å². The summed E-state index contributed by atoms with van der Waals surface area (Å²) in [6, 6.07) is 9.41. The lowest BCUT2D eigenvalue weighted by atomic mass is 10.2. The van der Waals surface area contributed by atoms with Crippen LogP contribution in [-0.2, 0) is 4.79 Å². The van der Waals surface area contributed by atoms with Gasteiger partial charge in [-0.3, -0.25) is 10.1 Å². The van der Waals surface area contributed by atoms with Gasteiger partial charge >= 0.3 is 0 Å². The van der Waals surface area contributed by atoms with Crippen molar-refractivity contribution in [2.24, 2.45) is 0 Å². The van der Waals surface area contributed by atoms with E-state index in [0.29, 0.717) is 11.7 Å². The third-order valence-corrected chi connectivity index (χ3v) is 4.28. The van der Waals surface area contributed by atoms with Crippen LogP contribution in [0.1, 0.15) is 18.9 Å². The number of amides is 1. The molecule has 0 aliphatic carbocycles. The van der Waals surface area contributed by atoms with Gasteiger partial charge in [0.25, 0.3) is 0 Å². The molecule has 1 aromatic heterocycles. The molecule has 0 spiro atoms. The van der Waals surface area contributed by atoms with E-state index in [-0.39, 0.29) is 18.0 Å². The minimum atomic E-state index is -0.248. The number of carbonyl (C=O) groups is 1. The van der Waals surface area contributed by atoms with Gasteiger partial charge in [0.15, 0.2) is 5.76 Å². The Hall–Kier alpha value is -1.79. The minimum absolute atomic E-state index is 0.00744. The monoisotopic (exact) mass is 303 g/mol. The van der Waals surface area contributed by atoms with Gasteiger partial charge in [0.2, 0.25) is 11.8 Å². The Morgan fingerprint density at radius 2 is 2.29 bits per heavy atom. The summed E-state index contributed by atoms with van der Waals surface area (Å²) in [7, 11) is 0. The van der Waals surface area contributed by atoms with Gasteiger partial charge in [0, 0.05) is 17.2 Å². The fourth-order valence-corrected chi connectivity index (χ4v) is 3.10. The first-order valence-corrected chi connectivity index (χ1v) is 8.02. The minimum Gasteiger partial charge on any atom is -0.438 e. The van der Waals surface area contributed by atoms with E-state index in [4.69, 9.17) is 4.42 Å². The molecule has 1 saturated heterocycles. The molecular formula is C15H17N3O2S. The van der Waals surface area contributed by atoms with Crippen molar-refractivity contribution < 1.29 is 9.21 Å². The Balaban J connectivity index is 1.66. The van der Waals surface area contributed by atoms with E-state index in [1.807, 2.05) is 37.3 Å². The number of thioether (sulfide) groups is 1. The van der Waals surface area contributed by atoms with E-state index in [1.165, 1.54) is 0 Å². The number of nitrogens with zero attached hydrogens (tertiary/aromatic N) is 1. The predicted octanol–water partition coefficient (Wildman–Crippen LogP) is 2.18. The number of rotatable bonds is 4. The highest BCUT2D eigenvalue weighted by Crippen LogP contribution is 2.22. The van der Waals surface area contributed by atoms with Crippen molar-refractivity contribution in [1.29, 1.82) is 0 Å². The van der Waals surface area contributed by atoms with Gasteiger partial charge in [-0.15, -0.1) is 11.8 Å². The molecule has 0 radical (unpaired) electrons. The Labute approximate surface area is 127 Å². The fraction of sp³-hybridized carbons (Fsp3) is 0.333. The number of carbonyl (C=O) groups excluding carboxylic acids is 1. The Bertz CT molecular complexity index is 608. The average molecular weight is 303 g/mol. The molecule has 2 N–H and O–H groups in total. The lowest BCUT2D eigenvalue weighted by Crippen LogP contribution is -2.42. The lowest BCUT2D eigenvalue weighted by molar-refractivity contribution is -0.123. The zero-order valence-electron chi connectivity index (χ0n) is 11.7. The third-order valence-electron chi connectivity index (χ3n) is 3.34. The SMILES string of the molecule is CC(NC(=O)C1CSCN1)c1ncc(-c2ccccc2)o1. The lowest BCUT2D eigenvalue weighted by Gasteiger charge is -2.14. The molecule has 110 valence electrons. The van der Waals surface area contributed by atoms with Crippen molar-refractivity contribution >= 4 is 17.7 Å². The van der Waals surface area contributed by atoms with Crippen LogP contribution in [-0.4, -0.2) is 28.6 Å². The molecule has 3 rings (SSSR count). The number of benzene rings is 1. The van der Waals surface area contributed by atoms with Gasteiger partial charge in [0.1, 0.15) is 6.04 Å². The van der Waals surface area contributed by atoms with Gasteiger partial charge in [-0.2, -0.15) is 0 Å². The van der Waals surface area contributed by atoms with Crippen LogP contribution in [0.2, 0.25) is 0 Å². The predicted molar refractivity (Wildman–Crippen MR) is 82.7 cm³/mol. The highest BCUT2D eigenvalue weighted by atomic mass is 32.2. The van der Waals surface area contributed by atoms with E-state index in [0.717, 1.165) is 17.2 Å². The summed E-state index contributed by atoms with van der Waals surface area (Å²) in [6.45, 7) is 1.88. The van der Waals surface area contributed by atoms with Crippen molar-refractivity contribution in [2.75, 3.05) is 11.6 Å². The largest absolute Gasteiger partial charge is 0.438 e. The van der Waals surface area contributed by atoms with E-state index >= 15 is 0 Å². The molecule has 1 fully saturated rings. The summed E-state index contributed by atoms with van der Waals surface area (Å²) in [5.41, 5.74) is 0.976. The summed E-state index contributed by atoms with van der Waals surface area (Å²) < 4.78 is 5.74. The molecule has 0 saturated carbocycles. The summed E-state index contributed by atoms with van der Waals surface area (Å²) in [6.07, 6.45) is 1.69. The van der Waals surface area contributed by atoms with E-state index in [1.54, 1.807) is 18.0 Å². The van der Waals surface area contributed by atoms with Crippen molar-refractivity contribution in [3.8, 4) is 11.3 Å². The first-order chi connectivity index (χ1) is 10.2. The first-order valence-electron chi connectivity index (χ1n) is 6.86. The van der Waals surface area contributed by atoms with Crippen molar-refractivity contribution in [2.45, 2.75) is 19.0 Å². The summed E-state index contributed by atoms with van der Waals surface area (Å²) >= 11 is 1.72. The highest BCUT2D eigenvalue weighted by Gasteiger charge is 2.25. The van der Waals surface area contributed by atoms with Crippen molar-refractivity contribution in [1.82, 2.24) is 15.6 Å². The van der Waals surface area contributed by atoms with Crippen LogP contribution in [0.25, 0.3) is 11.3 Å². The van der Waals surface area contributed by atoms with Gasteiger partial charge in [0.05, 0.1) is 12.2 Å². The van der Waals surface area contributed by atoms with Crippen LogP contribution in [0.4, 0.5) is 0 Å². The normalized spacial score (nSPS) is 19.4. The maximum Gasteiger partial charge on any atom is 0.238 e. The number of nitrogens with one attached hydrogen (secondary N) is 2. The molecule has 0 bridgehead atoms. The number of hydrogen-bond donors (Lipinski definition) is 2. The van der Waals surface area contributed by atoms with Crippen molar-refractivity contribution in [3.05, 3.63) is 42.4 Å². The van der Waals surface area contributed by atoms with Crippen LogP contribution in [0, 0.1) is 0 Å². The van der Waals surface area contributed by atoms with E-state index < -0.39 is 0 Å². The Morgan fingerprint density at radius 1 is 1.48 bits per heavy atom. The van der Waals surface area contributed by atoms with Gasteiger partial charge in [-0.1, -0.05) is 30.3 Å². The zero-order chi connectivity index (χ0) is 14.7. The maximum atomic E-state index is 12.0. The van der Waals surface area contributed by atoms with Gasteiger partial charge < -0.3 is 9.73 Å². The molecule has 21 heavy (non-hydrogen) atoms. The van der Waals surface area contributed by atoms with Gasteiger partial charge in [-0.25, -0.2) is 4.98 Å². The van der Waals surface area contributed by atoms with E-state index in [9.17, 15) is 4.79 Å². The van der Waals surface area contributed by atoms with Crippen molar-refractivity contribution in [3.63, 3.8) is 0 Å². The average Bonchev–Trinajstić information content (AvgIpc) is 3.20.